The minimum atomic E-state index is 1.10. The number of hydrogen-bond donors (Lipinski definition) is 0. The van der Waals surface area contributed by atoms with E-state index in [0.29, 0.717) is 0 Å². The summed E-state index contributed by atoms with van der Waals surface area (Å²) in [6, 6.07) is 0. The van der Waals surface area contributed by atoms with Crippen molar-refractivity contribution < 1.29 is 0 Å². The van der Waals surface area contributed by atoms with Crippen LogP contribution in [0.5, 0.6) is 0 Å². The highest BCUT2D eigenvalue weighted by Gasteiger charge is 2.18. The van der Waals surface area contributed by atoms with E-state index in [4.69, 9.17) is 0 Å². The molecule has 0 heterocycles. The van der Waals surface area contributed by atoms with Crippen molar-refractivity contribution in [2.24, 2.45) is 0 Å². The summed E-state index contributed by atoms with van der Waals surface area (Å²) >= 11 is 0. The van der Waals surface area contributed by atoms with Gasteiger partial charge in [0.2, 0.25) is 11.1 Å². The first kappa shape index (κ1) is 6.94. The Hall–Kier alpha value is -1.74. The van der Waals surface area contributed by atoms with Crippen LogP contribution in [0.1, 0.15) is 0 Å². The molecule has 0 aliphatic heterocycles. The average molecular weight is 152 g/mol. The molecular weight excluding hydrogens is 144 g/mol. The molecule has 0 saturated carbocycles. The van der Waals surface area contributed by atoms with Crippen LogP contribution in [0, 0.1) is 12.2 Å². The van der Waals surface area contributed by atoms with Gasteiger partial charge in [-0.1, -0.05) is 0 Å². The Kier molecular flexibility index (Phi) is 1.80. The lowest BCUT2D eigenvalue weighted by Crippen LogP contribution is -1.87. The van der Waals surface area contributed by atoms with Gasteiger partial charge in [0.25, 0.3) is 0 Å². The van der Waals surface area contributed by atoms with Crippen LogP contribution in [0.15, 0.2) is 59.8 Å². The third-order valence-corrected chi connectivity index (χ3v) is 1.71. The van der Waals surface area contributed by atoms with E-state index in [9.17, 15) is 0 Å². The standard InChI is InChI=1S/C12H8/c1-3-7-11(8-4-1)12-9-5-2-6-10-12/h1-7,9H/q+2. The minimum Gasteiger partial charge on any atom is 0.0247 e. The fourth-order valence-electron chi connectivity index (χ4n) is 1.12. The zero-order valence-corrected chi connectivity index (χ0v) is 6.62. The molecule has 0 N–H and O–H groups in total. The Morgan fingerprint density at radius 3 is 1.50 bits per heavy atom. The van der Waals surface area contributed by atoms with Gasteiger partial charge in [-0.25, -0.2) is 0 Å². The second-order valence-electron chi connectivity index (χ2n) is 2.55. The SMILES string of the molecule is [C+]1=CC=CC=C1C1=CC=CC=[C+]1. The van der Waals surface area contributed by atoms with Gasteiger partial charge in [0.15, 0.2) is 0 Å². The molecule has 0 nitrogen and oxygen atoms in total. The third-order valence-electron chi connectivity index (χ3n) is 1.71. The van der Waals surface area contributed by atoms with Crippen molar-refractivity contribution in [3.63, 3.8) is 0 Å². The molecule has 12 heavy (non-hydrogen) atoms. The molecule has 2 aliphatic rings. The van der Waals surface area contributed by atoms with Crippen LogP contribution < -0.4 is 0 Å². The smallest absolute Gasteiger partial charge is 0.0247 e. The molecule has 0 aromatic rings. The molecule has 0 aromatic heterocycles. The van der Waals surface area contributed by atoms with Crippen molar-refractivity contribution in [1.29, 1.82) is 0 Å². The van der Waals surface area contributed by atoms with Crippen molar-refractivity contribution >= 4 is 0 Å². The first-order valence-electron chi connectivity index (χ1n) is 3.90. The summed E-state index contributed by atoms with van der Waals surface area (Å²) in [6.45, 7) is 0. The molecule has 0 saturated heterocycles. The molecule has 0 amide bonds. The number of rotatable bonds is 1. The molecule has 0 fully saturated rings. The topological polar surface area (TPSA) is 0 Å². The van der Waals surface area contributed by atoms with Crippen molar-refractivity contribution in [1.82, 2.24) is 0 Å². The van der Waals surface area contributed by atoms with Crippen LogP contribution >= 0.6 is 0 Å². The summed E-state index contributed by atoms with van der Waals surface area (Å²) in [5.74, 6) is 0. The van der Waals surface area contributed by atoms with Crippen molar-refractivity contribution in [2.75, 3.05) is 0 Å². The summed E-state index contributed by atoms with van der Waals surface area (Å²) in [5.41, 5.74) is 2.19. The van der Waals surface area contributed by atoms with Crippen LogP contribution in [0.3, 0.4) is 0 Å². The quantitative estimate of drug-likeness (QED) is 0.507. The molecule has 54 valence electrons. The molecular formula is C12H8+2. The van der Waals surface area contributed by atoms with E-state index in [1.807, 2.05) is 48.6 Å². The third kappa shape index (κ3) is 1.31. The van der Waals surface area contributed by atoms with Gasteiger partial charge >= 0.3 is 0 Å². The Labute approximate surface area is 72.6 Å². The Bertz CT molecular complexity index is 308. The number of allylic oxidation sites excluding steroid dienone is 12. The normalized spacial score (nSPS) is 18.0. The van der Waals surface area contributed by atoms with Crippen LogP contribution in [-0.4, -0.2) is 0 Å². The van der Waals surface area contributed by atoms with Crippen LogP contribution in [0.2, 0.25) is 0 Å². The summed E-state index contributed by atoms with van der Waals surface area (Å²) in [4.78, 5) is 0. The summed E-state index contributed by atoms with van der Waals surface area (Å²) in [7, 11) is 0. The maximum Gasteiger partial charge on any atom is 0.241 e. The summed E-state index contributed by atoms with van der Waals surface area (Å²) in [5, 5.41) is 0. The van der Waals surface area contributed by atoms with E-state index in [2.05, 4.69) is 12.2 Å². The van der Waals surface area contributed by atoms with E-state index in [1.54, 1.807) is 0 Å². The zero-order valence-electron chi connectivity index (χ0n) is 6.62. The fourth-order valence-corrected chi connectivity index (χ4v) is 1.12. The van der Waals surface area contributed by atoms with E-state index in [0.717, 1.165) is 11.1 Å². The highest BCUT2D eigenvalue weighted by molar-refractivity contribution is 5.49. The van der Waals surface area contributed by atoms with Crippen LogP contribution in [0.25, 0.3) is 0 Å². The highest BCUT2D eigenvalue weighted by Crippen LogP contribution is 2.16. The van der Waals surface area contributed by atoms with Gasteiger partial charge in [-0.15, -0.1) is 0 Å². The zero-order chi connectivity index (χ0) is 8.23. The van der Waals surface area contributed by atoms with Gasteiger partial charge in [-0.3, -0.25) is 0 Å². The average Bonchev–Trinajstić information content (AvgIpc) is 2.21. The lowest BCUT2D eigenvalue weighted by atomic mass is 10.00. The van der Waals surface area contributed by atoms with E-state index >= 15 is 0 Å². The van der Waals surface area contributed by atoms with E-state index < -0.39 is 0 Å². The maximum atomic E-state index is 3.15. The lowest BCUT2D eigenvalue weighted by molar-refractivity contribution is 1.44. The monoisotopic (exact) mass is 152 g/mol. The summed E-state index contributed by atoms with van der Waals surface area (Å²) < 4.78 is 0. The molecule has 0 unspecified atom stereocenters. The Morgan fingerprint density at radius 1 is 0.667 bits per heavy atom. The Morgan fingerprint density at radius 2 is 1.17 bits per heavy atom. The molecule has 0 radical (unpaired) electrons. The second-order valence-corrected chi connectivity index (χ2v) is 2.55. The van der Waals surface area contributed by atoms with Gasteiger partial charge < -0.3 is 0 Å². The number of hydrogen-bond acceptors (Lipinski definition) is 0. The second kappa shape index (κ2) is 3.11. The highest BCUT2D eigenvalue weighted by atomic mass is 14.0. The van der Waals surface area contributed by atoms with Gasteiger partial charge in [0, 0.05) is 24.3 Å². The molecule has 0 aromatic carbocycles. The largest absolute Gasteiger partial charge is 0.241 e. The van der Waals surface area contributed by atoms with E-state index in [-0.39, 0.29) is 0 Å². The molecule has 2 aliphatic carbocycles. The van der Waals surface area contributed by atoms with Crippen LogP contribution in [0.4, 0.5) is 0 Å². The molecule has 0 bridgehead atoms. The summed E-state index contributed by atoms with van der Waals surface area (Å²) in [6.07, 6.45) is 22.1. The fraction of sp³-hybridized carbons (Fsp3) is 0. The van der Waals surface area contributed by atoms with Crippen molar-refractivity contribution in [2.45, 2.75) is 0 Å². The first-order valence-corrected chi connectivity index (χ1v) is 3.90. The predicted octanol–water partition coefficient (Wildman–Crippen LogP) is 2.70. The molecule has 0 atom stereocenters. The molecule has 0 heteroatoms. The first-order chi connectivity index (χ1) is 5.97. The molecule has 0 spiro atoms. The minimum absolute atomic E-state index is 1.10. The maximum absolute atomic E-state index is 3.15. The Balaban J connectivity index is 2.31. The van der Waals surface area contributed by atoms with Gasteiger partial charge in [-0.2, -0.15) is 0 Å². The van der Waals surface area contributed by atoms with Gasteiger partial charge in [0.05, 0.1) is 36.5 Å². The van der Waals surface area contributed by atoms with Crippen molar-refractivity contribution in [3.05, 3.63) is 71.9 Å². The molecule has 2 rings (SSSR count). The van der Waals surface area contributed by atoms with Crippen LogP contribution in [-0.2, 0) is 0 Å². The predicted molar refractivity (Wildman–Crippen MR) is 50.1 cm³/mol. The van der Waals surface area contributed by atoms with Gasteiger partial charge in [0.1, 0.15) is 0 Å². The van der Waals surface area contributed by atoms with Gasteiger partial charge in [-0.05, 0) is 0 Å². The van der Waals surface area contributed by atoms with E-state index in [1.165, 1.54) is 0 Å². The lowest BCUT2D eigenvalue weighted by Gasteiger charge is -1.87. The van der Waals surface area contributed by atoms with Crippen molar-refractivity contribution in [3.8, 4) is 0 Å².